The van der Waals surface area contributed by atoms with Crippen molar-refractivity contribution in [3.63, 3.8) is 0 Å². The molecule has 5 aliphatic carbocycles. The normalized spacial score (nSPS) is 39.3. The molecular formula is C30H35NO3. The van der Waals surface area contributed by atoms with Crippen LogP contribution in [-0.4, -0.2) is 18.2 Å². The lowest BCUT2D eigenvalue weighted by Crippen LogP contribution is -2.56. The van der Waals surface area contributed by atoms with E-state index in [9.17, 15) is 14.9 Å². The molecule has 5 aliphatic rings. The fraction of sp³-hybridized carbons (Fsp3) is 0.633. The van der Waals surface area contributed by atoms with Crippen molar-refractivity contribution in [3.8, 4) is 11.8 Å². The lowest BCUT2D eigenvalue weighted by atomic mass is 9.42. The minimum atomic E-state index is 0.0366. The number of para-hydroxylation sites is 1. The van der Waals surface area contributed by atoms with Gasteiger partial charge in [-0.25, -0.2) is 0 Å². The quantitative estimate of drug-likeness (QED) is 0.552. The van der Waals surface area contributed by atoms with Crippen LogP contribution in [0.2, 0.25) is 0 Å². The average Bonchev–Trinajstić information content (AvgIpc) is 3.48. The zero-order valence-electron chi connectivity index (χ0n) is 20.4. The first-order chi connectivity index (χ1) is 16.3. The summed E-state index contributed by atoms with van der Waals surface area (Å²) in [5, 5.41) is 9.35. The molecule has 1 spiro atoms. The number of hydrogen-bond acceptors (Lipinski definition) is 4. The number of benzene rings is 1. The van der Waals surface area contributed by atoms with Crippen molar-refractivity contribution in [2.75, 3.05) is 6.61 Å². The summed E-state index contributed by atoms with van der Waals surface area (Å²) < 4.78 is 5.89. The van der Waals surface area contributed by atoms with Gasteiger partial charge in [-0.3, -0.25) is 9.59 Å². The third-order valence-corrected chi connectivity index (χ3v) is 10.8. The Morgan fingerprint density at radius 1 is 1.12 bits per heavy atom. The molecule has 0 saturated heterocycles. The molecule has 0 N–H and O–H groups in total. The topological polar surface area (TPSA) is 67.2 Å². The Labute approximate surface area is 202 Å². The van der Waals surface area contributed by atoms with Crippen LogP contribution in [0.15, 0.2) is 35.9 Å². The zero-order chi connectivity index (χ0) is 23.7. The van der Waals surface area contributed by atoms with Crippen LogP contribution in [0.1, 0.15) is 77.2 Å². The van der Waals surface area contributed by atoms with Crippen LogP contribution in [0.5, 0.6) is 5.75 Å². The highest BCUT2D eigenvalue weighted by molar-refractivity contribution is 5.91. The maximum atomic E-state index is 13.5. The number of carbonyl (C=O) groups excluding carboxylic acids is 2. The number of nitriles is 1. The predicted octanol–water partition coefficient (Wildman–Crippen LogP) is 6.04. The van der Waals surface area contributed by atoms with Crippen LogP contribution < -0.4 is 4.74 Å². The minimum absolute atomic E-state index is 0.0366. The number of allylic oxidation sites excluding steroid dienone is 1. The summed E-state index contributed by atoms with van der Waals surface area (Å²) in [7, 11) is 0. The largest absolute Gasteiger partial charge is 0.484 e. The van der Waals surface area contributed by atoms with Gasteiger partial charge in [0.25, 0.3) is 0 Å². The Hall–Kier alpha value is -2.41. The van der Waals surface area contributed by atoms with Gasteiger partial charge in [-0.05, 0) is 104 Å². The number of fused-ring (bicyclic) bond motifs is 6. The van der Waals surface area contributed by atoms with Crippen LogP contribution in [0.4, 0.5) is 0 Å². The summed E-state index contributed by atoms with van der Waals surface area (Å²) in [6, 6.07) is 9.33. The Kier molecular flexibility index (Phi) is 4.90. The Morgan fingerprint density at radius 3 is 2.68 bits per heavy atom. The first kappa shape index (κ1) is 22.1. The van der Waals surface area contributed by atoms with E-state index in [2.05, 4.69) is 19.9 Å². The van der Waals surface area contributed by atoms with Gasteiger partial charge in [0.15, 0.2) is 11.6 Å². The molecule has 4 saturated carbocycles. The van der Waals surface area contributed by atoms with Gasteiger partial charge >= 0.3 is 0 Å². The summed E-state index contributed by atoms with van der Waals surface area (Å²) >= 11 is 0. The molecule has 4 fully saturated rings. The Balaban J connectivity index is 1.26. The summed E-state index contributed by atoms with van der Waals surface area (Å²) in [5.74, 6) is 2.99. The number of rotatable bonds is 4. The van der Waals surface area contributed by atoms with Crippen molar-refractivity contribution >= 4 is 11.6 Å². The second-order valence-electron chi connectivity index (χ2n) is 12.4. The first-order valence-corrected chi connectivity index (χ1v) is 13.2. The van der Waals surface area contributed by atoms with Gasteiger partial charge in [-0.1, -0.05) is 31.6 Å². The SMILES string of the molecule is CC12CCC(=O)C=C1CCC1C2C2(CC2)CC2(C)C(C(=O)COc3ccccc3C#N)CCC12. The second-order valence-corrected chi connectivity index (χ2v) is 12.4. The van der Waals surface area contributed by atoms with Gasteiger partial charge in [0, 0.05) is 12.3 Å². The molecule has 1 aromatic rings. The molecular weight excluding hydrogens is 422 g/mol. The van der Waals surface area contributed by atoms with Crippen LogP contribution in [-0.2, 0) is 9.59 Å². The molecule has 0 aromatic heterocycles. The van der Waals surface area contributed by atoms with E-state index in [0.717, 1.165) is 32.1 Å². The van der Waals surface area contributed by atoms with E-state index >= 15 is 0 Å². The lowest BCUT2D eigenvalue weighted by Gasteiger charge is -2.61. The van der Waals surface area contributed by atoms with Crippen molar-refractivity contribution in [1.82, 2.24) is 0 Å². The predicted molar refractivity (Wildman–Crippen MR) is 129 cm³/mol. The van der Waals surface area contributed by atoms with Gasteiger partial charge in [0.05, 0.1) is 5.56 Å². The fourth-order valence-electron chi connectivity index (χ4n) is 9.41. The third-order valence-electron chi connectivity index (χ3n) is 10.8. The lowest BCUT2D eigenvalue weighted by molar-refractivity contribution is -0.139. The average molecular weight is 458 g/mol. The van der Waals surface area contributed by atoms with Gasteiger partial charge in [-0.2, -0.15) is 5.26 Å². The molecule has 0 heterocycles. The summed E-state index contributed by atoms with van der Waals surface area (Å²) in [6.45, 7) is 4.92. The molecule has 6 rings (SSSR count). The zero-order valence-corrected chi connectivity index (χ0v) is 20.4. The van der Waals surface area contributed by atoms with Crippen LogP contribution in [0.25, 0.3) is 0 Å². The van der Waals surface area contributed by atoms with E-state index in [1.165, 1.54) is 24.8 Å². The molecule has 0 radical (unpaired) electrons. The van der Waals surface area contributed by atoms with Crippen LogP contribution >= 0.6 is 0 Å². The molecule has 6 atom stereocenters. The van der Waals surface area contributed by atoms with E-state index in [-0.39, 0.29) is 29.1 Å². The Morgan fingerprint density at radius 2 is 1.91 bits per heavy atom. The maximum absolute atomic E-state index is 13.5. The highest BCUT2D eigenvalue weighted by Crippen LogP contribution is 2.77. The second kappa shape index (κ2) is 7.54. The molecule has 0 aliphatic heterocycles. The van der Waals surface area contributed by atoms with E-state index < -0.39 is 0 Å². The van der Waals surface area contributed by atoms with Crippen molar-refractivity contribution < 1.29 is 14.3 Å². The van der Waals surface area contributed by atoms with E-state index in [1.54, 1.807) is 12.1 Å². The summed E-state index contributed by atoms with van der Waals surface area (Å²) in [4.78, 5) is 25.8. The number of nitrogens with zero attached hydrogens (tertiary/aromatic N) is 1. The number of ether oxygens (including phenoxy) is 1. The highest BCUT2D eigenvalue weighted by Gasteiger charge is 2.70. The number of carbonyl (C=O) groups is 2. The van der Waals surface area contributed by atoms with E-state index in [1.807, 2.05) is 18.2 Å². The van der Waals surface area contributed by atoms with E-state index in [0.29, 0.717) is 46.7 Å². The highest BCUT2D eigenvalue weighted by atomic mass is 16.5. The number of ketones is 2. The maximum Gasteiger partial charge on any atom is 0.173 e. The van der Waals surface area contributed by atoms with Gasteiger partial charge in [-0.15, -0.1) is 0 Å². The molecule has 1 aromatic carbocycles. The van der Waals surface area contributed by atoms with Crippen molar-refractivity contribution in [3.05, 3.63) is 41.5 Å². The van der Waals surface area contributed by atoms with Gasteiger partial charge in [0.2, 0.25) is 0 Å². The monoisotopic (exact) mass is 457 g/mol. The van der Waals surface area contributed by atoms with Gasteiger partial charge in [0.1, 0.15) is 18.4 Å². The molecule has 4 nitrogen and oxygen atoms in total. The fourth-order valence-corrected chi connectivity index (χ4v) is 9.41. The molecule has 178 valence electrons. The van der Waals surface area contributed by atoms with Crippen LogP contribution in [0, 0.1) is 51.2 Å². The third kappa shape index (κ3) is 3.08. The minimum Gasteiger partial charge on any atom is -0.484 e. The standard InChI is InChI=1S/C30H35NO3/c1-28-12-11-21(32)15-20(28)7-8-22-23-9-10-24(29(23,2)18-30(13-14-30)27(22)28)25(33)17-34-26-6-4-3-5-19(26)16-31/h3-6,15,22-24,27H,7-14,17-18H2,1-2H3. The van der Waals surface area contributed by atoms with Crippen molar-refractivity contribution in [1.29, 1.82) is 5.26 Å². The molecule has 0 amide bonds. The number of Topliss-reactive ketones (excluding diaryl/α,β-unsaturated/α-hetero) is 1. The Bertz CT molecular complexity index is 1120. The number of hydrogen-bond donors (Lipinski definition) is 0. The smallest absolute Gasteiger partial charge is 0.173 e. The van der Waals surface area contributed by atoms with E-state index in [4.69, 9.17) is 4.74 Å². The van der Waals surface area contributed by atoms with Crippen molar-refractivity contribution in [2.24, 2.45) is 39.9 Å². The molecule has 0 bridgehead atoms. The summed E-state index contributed by atoms with van der Waals surface area (Å²) in [5.41, 5.74) is 2.46. The molecule has 34 heavy (non-hydrogen) atoms. The summed E-state index contributed by atoms with van der Waals surface area (Å²) in [6.07, 6.45) is 11.7. The van der Waals surface area contributed by atoms with Gasteiger partial charge < -0.3 is 4.74 Å². The van der Waals surface area contributed by atoms with Crippen LogP contribution in [0.3, 0.4) is 0 Å². The van der Waals surface area contributed by atoms with Crippen molar-refractivity contribution in [2.45, 2.75) is 71.6 Å². The first-order valence-electron chi connectivity index (χ1n) is 13.2. The molecule has 4 heteroatoms. The molecule has 6 unspecified atom stereocenters.